The lowest BCUT2D eigenvalue weighted by molar-refractivity contribution is -0.129. The van der Waals surface area contributed by atoms with Crippen LogP contribution in [0, 0.1) is 0 Å². The van der Waals surface area contributed by atoms with Crippen molar-refractivity contribution in [2.24, 2.45) is 0 Å². The van der Waals surface area contributed by atoms with Crippen molar-refractivity contribution in [2.75, 3.05) is 19.6 Å². The Morgan fingerprint density at radius 1 is 1.21 bits per heavy atom. The molecule has 2 rings (SSSR count). The van der Waals surface area contributed by atoms with Gasteiger partial charge < -0.3 is 10.2 Å². The summed E-state index contributed by atoms with van der Waals surface area (Å²) in [6, 6.07) is 4.82. The van der Waals surface area contributed by atoms with E-state index in [4.69, 9.17) is 23.2 Å². The van der Waals surface area contributed by atoms with E-state index < -0.39 is 0 Å². The molecule has 1 heterocycles. The third-order valence-corrected chi connectivity index (χ3v) is 3.87. The van der Waals surface area contributed by atoms with Crippen molar-refractivity contribution < 1.29 is 9.59 Å². The van der Waals surface area contributed by atoms with Gasteiger partial charge in [-0.05, 0) is 25.0 Å². The Labute approximate surface area is 121 Å². The van der Waals surface area contributed by atoms with Crippen molar-refractivity contribution in [1.29, 1.82) is 0 Å². The molecule has 0 spiro atoms. The SMILES string of the molecule is O=C(NCC(=O)N1CCCC1)c1cccc(Cl)c1Cl. The van der Waals surface area contributed by atoms with Crippen LogP contribution in [0.5, 0.6) is 0 Å². The van der Waals surface area contributed by atoms with E-state index in [1.807, 2.05) is 0 Å². The number of halogens is 2. The molecule has 0 atom stereocenters. The molecule has 19 heavy (non-hydrogen) atoms. The second-order valence-corrected chi connectivity index (χ2v) is 5.16. The van der Waals surface area contributed by atoms with E-state index in [0.29, 0.717) is 5.02 Å². The standard InChI is InChI=1S/C13H14Cl2N2O2/c14-10-5-3-4-9(12(10)15)13(19)16-8-11(18)17-6-1-2-7-17/h3-5H,1-2,6-8H2,(H,16,19). The van der Waals surface area contributed by atoms with Crippen LogP contribution in [0.2, 0.25) is 10.0 Å². The molecule has 6 heteroatoms. The fraction of sp³-hybridized carbons (Fsp3) is 0.385. The Bertz CT molecular complexity index is 499. The minimum absolute atomic E-state index is 0.0122. The Morgan fingerprint density at radius 3 is 2.58 bits per heavy atom. The number of carbonyl (C=O) groups excluding carboxylic acids is 2. The highest BCUT2D eigenvalue weighted by molar-refractivity contribution is 6.43. The average Bonchev–Trinajstić information content (AvgIpc) is 2.93. The summed E-state index contributed by atoms with van der Waals surface area (Å²) in [6.45, 7) is 1.53. The number of amides is 2. The zero-order valence-corrected chi connectivity index (χ0v) is 11.8. The Hall–Kier alpha value is -1.26. The summed E-state index contributed by atoms with van der Waals surface area (Å²) in [4.78, 5) is 25.4. The molecule has 0 radical (unpaired) electrons. The van der Waals surface area contributed by atoms with E-state index >= 15 is 0 Å². The molecule has 0 aliphatic carbocycles. The lowest BCUT2D eigenvalue weighted by Crippen LogP contribution is -2.38. The van der Waals surface area contributed by atoms with Gasteiger partial charge in [-0.1, -0.05) is 29.3 Å². The van der Waals surface area contributed by atoms with Gasteiger partial charge in [-0.3, -0.25) is 9.59 Å². The van der Waals surface area contributed by atoms with Crippen molar-refractivity contribution in [1.82, 2.24) is 10.2 Å². The first-order valence-electron chi connectivity index (χ1n) is 6.09. The molecule has 0 aromatic heterocycles. The monoisotopic (exact) mass is 300 g/mol. The molecule has 1 aliphatic heterocycles. The molecule has 1 aliphatic rings. The molecular formula is C13H14Cl2N2O2. The van der Waals surface area contributed by atoms with Crippen LogP contribution < -0.4 is 5.32 Å². The Kier molecular flexibility index (Phi) is 4.66. The second-order valence-electron chi connectivity index (χ2n) is 4.37. The van der Waals surface area contributed by atoms with E-state index in [2.05, 4.69) is 5.32 Å². The summed E-state index contributed by atoms with van der Waals surface area (Å²) in [5.41, 5.74) is 0.281. The lowest BCUT2D eigenvalue weighted by Gasteiger charge is -2.15. The van der Waals surface area contributed by atoms with Crippen molar-refractivity contribution >= 4 is 35.0 Å². The molecule has 0 saturated carbocycles. The highest BCUT2D eigenvalue weighted by Gasteiger charge is 2.19. The summed E-state index contributed by atoms with van der Waals surface area (Å²) in [5.74, 6) is -0.455. The quantitative estimate of drug-likeness (QED) is 0.931. The molecule has 0 unspecified atom stereocenters. The second kappa shape index (κ2) is 6.26. The van der Waals surface area contributed by atoms with E-state index in [9.17, 15) is 9.59 Å². The third kappa shape index (κ3) is 3.39. The van der Waals surface area contributed by atoms with Gasteiger partial charge in [-0.2, -0.15) is 0 Å². The van der Waals surface area contributed by atoms with Gasteiger partial charge in [0.05, 0.1) is 22.2 Å². The number of hydrogen-bond donors (Lipinski definition) is 1. The highest BCUT2D eigenvalue weighted by Crippen LogP contribution is 2.25. The van der Waals surface area contributed by atoms with E-state index in [1.165, 1.54) is 0 Å². The van der Waals surface area contributed by atoms with E-state index in [-0.39, 0.29) is 28.9 Å². The molecule has 1 saturated heterocycles. The predicted octanol–water partition coefficient (Wildman–Crippen LogP) is 2.35. The normalized spacial score (nSPS) is 14.5. The number of carbonyl (C=O) groups is 2. The van der Waals surface area contributed by atoms with Gasteiger partial charge in [0.25, 0.3) is 5.91 Å². The van der Waals surface area contributed by atoms with Gasteiger partial charge in [0.1, 0.15) is 0 Å². The summed E-state index contributed by atoms with van der Waals surface area (Å²) in [7, 11) is 0. The molecule has 4 nitrogen and oxygen atoms in total. The van der Waals surface area contributed by atoms with Crippen molar-refractivity contribution in [3.63, 3.8) is 0 Å². The van der Waals surface area contributed by atoms with Crippen molar-refractivity contribution in [3.05, 3.63) is 33.8 Å². The average molecular weight is 301 g/mol. The van der Waals surface area contributed by atoms with E-state index in [0.717, 1.165) is 25.9 Å². The van der Waals surface area contributed by atoms with E-state index in [1.54, 1.807) is 23.1 Å². The molecule has 2 amide bonds. The van der Waals surface area contributed by atoms with Crippen LogP contribution in [-0.2, 0) is 4.79 Å². The summed E-state index contributed by atoms with van der Waals surface area (Å²) in [5, 5.41) is 3.09. The van der Waals surface area contributed by atoms with Gasteiger partial charge in [0.2, 0.25) is 5.91 Å². The minimum Gasteiger partial charge on any atom is -0.343 e. The molecule has 1 N–H and O–H groups in total. The third-order valence-electron chi connectivity index (χ3n) is 3.06. The fourth-order valence-electron chi connectivity index (χ4n) is 2.01. The zero-order chi connectivity index (χ0) is 13.8. The molecule has 0 bridgehead atoms. The van der Waals surface area contributed by atoms with Crippen molar-refractivity contribution in [3.8, 4) is 0 Å². The maximum absolute atomic E-state index is 11.9. The number of nitrogens with one attached hydrogen (secondary N) is 1. The first kappa shape index (κ1) is 14.2. The van der Waals surface area contributed by atoms with Crippen LogP contribution in [0.25, 0.3) is 0 Å². The summed E-state index contributed by atoms with van der Waals surface area (Å²) >= 11 is 11.8. The molecule has 1 aromatic rings. The van der Waals surface area contributed by atoms with Crippen LogP contribution in [0.4, 0.5) is 0 Å². The van der Waals surface area contributed by atoms with Crippen LogP contribution in [0.3, 0.4) is 0 Å². The lowest BCUT2D eigenvalue weighted by atomic mass is 10.2. The van der Waals surface area contributed by atoms with Crippen LogP contribution in [-0.4, -0.2) is 36.3 Å². The maximum atomic E-state index is 11.9. The largest absolute Gasteiger partial charge is 0.343 e. The molecule has 1 aromatic carbocycles. The summed E-state index contributed by atoms with van der Waals surface area (Å²) < 4.78 is 0. The smallest absolute Gasteiger partial charge is 0.253 e. The van der Waals surface area contributed by atoms with Crippen LogP contribution in [0.15, 0.2) is 18.2 Å². The number of hydrogen-bond acceptors (Lipinski definition) is 2. The van der Waals surface area contributed by atoms with Gasteiger partial charge in [0, 0.05) is 13.1 Å². The number of nitrogens with zero attached hydrogens (tertiary/aromatic N) is 1. The first-order valence-corrected chi connectivity index (χ1v) is 6.85. The van der Waals surface area contributed by atoms with Gasteiger partial charge in [-0.15, -0.1) is 0 Å². The van der Waals surface area contributed by atoms with Crippen LogP contribution in [0.1, 0.15) is 23.2 Å². The molecular weight excluding hydrogens is 287 g/mol. The molecule has 102 valence electrons. The van der Waals surface area contributed by atoms with Gasteiger partial charge >= 0.3 is 0 Å². The van der Waals surface area contributed by atoms with Crippen molar-refractivity contribution in [2.45, 2.75) is 12.8 Å². The number of likely N-dealkylation sites (tertiary alicyclic amines) is 1. The maximum Gasteiger partial charge on any atom is 0.253 e. The number of benzene rings is 1. The van der Waals surface area contributed by atoms with Gasteiger partial charge in [0.15, 0.2) is 0 Å². The van der Waals surface area contributed by atoms with Gasteiger partial charge in [-0.25, -0.2) is 0 Å². The number of rotatable bonds is 3. The summed E-state index contributed by atoms with van der Waals surface area (Å²) in [6.07, 6.45) is 2.06. The van der Waals surface area contributed by atoms with Crippen LogP contribution >= 0.6 is 23.2 Å². The molecule has 1 fully saturated rings. The zero-order valence-electron chi connectivity index (χ0n) is 10.3. The first-order chi connectivity index (χ1) is 9.09. The predicted molar refractivity (Wildman–Crippen MR) is 74.6 cm³/mol. The Morgan fingerprint density at radius 2 is 1.89 bits per heavy atom. The Balaban J connectivity index is 1.94. The highest BCUT2D eigenvalue weighted by atomic mass is 35.5. The minimum atomic E-state index is -0.389. The fourth-order valence-corrected chi connectivity index (χ4v) is 2.39. The topological polar surface area (TPSA) is 49.4 Å².